The van der Waals surface area contributed by atoms with Gasteiger partial charge in [0.2, 0.25) is 26.0 Å². The van der Waals surface area contributed by atoms with Crippen LogP contribution in [0.3, 0.4) is 0 Å². The normalized spacial score (nSPS) is 13.8. The van der Waals surface area contributed by atoms with Gasteiger partial charge in [-0.25, -0.2) is 21.6 Å². The van der Waals surface area contributed by atoms with Crippen molar-refractivity contribution in [2.45, 2.75) is 62.9 Å². The van der Waals surface area contributed by atoms with Gasteiger partial charge in [0.25, 0.3) is 0 Å². The molecule has 3 N–H and O–H groups in total. The van der Waals surface area contributed by atoms with Gasteiger partial charge in [-0.1, -0.05) is 11.2 Å². The van der Waals surface area contributed by atoms with Gasteiger partial charge in [0.05, 0.1) is 10.9 Å². The van der Waals surface area contributed by atoms with Crippen molar-refractivity contribution in [1.82, 2.24) is 14.6 Å². The fourth-order valence-corrected chi connectivity index (χ4v) is 5.65. The van der Waals surface area contributed by atoms with Crippen LogP contribution < -0.4 is 14.8 Å². The van der Waals surface area contributed by atoms with Crippen LogP contribution in [0.4, 0.5) is 5.69 Å². The summed E-state index contributed by atoms with van der Waals surface area (Å²) in [5.74, 6) is -0.555. The zero-order valence-corrected chi connectivity index (χ0v) is 19.2. The van der Waals surface area contributed by atoms with Crippen LogP contribution in [0.15, 0.2) is 38.6 Å². The van der Waals surface area contributed by atoms with Crippen LogP contribution in [-0.2, 0) is 24.8 Å². The van der Waals surface area contributed by atoms with Crippen molar-refractivity contribution in [3.05, 3.63) is 35.7 Å². The van der Waals surface area contributed by atoms with Gasteiger partial charge in [-0.15, -0.1) is 0 Å². The van der Waals surface area contributed by atoms with Crippen LogP contribution in [0, 0.1) is 13.8 Å². The quantitative estimate of drug-likeness (QED) is 0.572. The molecule has 0 fully saturated rings. The van der Waals surface area contributed by atoms with E-state index >= 15 is 0 Å². The topological polar surface area (TPSA) is 147 Å². The Labute approximate surface area is 176 Å². The van der Waals surface area contributed by atoms with Crippen molar-refractivity contribution in [1.29, 1.82) is 0 Å². The maximum atomic E-state index is 12.5. The minimum atomic E-state index is -4.04. The van der Waals surface area contributed by atoms with Crippen LogP contribution in [0.1, 0.15) is 39.1 Å². The van der Waals surface area contributed by atoms with E-state index in [-0.39, 0.29) is 26.9 Å². The van der Waals surface area contributed by atoms with Crippen molar-refractivity contribution < 1.29 is 26.2 Å². The van der Waals surface area contributed by atoms with Crippen molar-refractivity contribution in [3.63, 3.8) is 0 Å². The van der Waals surface area contributed by atoms with E-state index in [1.807, 2.05) is 0 Å². The molecule has 0 aliphatic heterocycles. The van der Waals surface area contributed by atoms with Crippen LogP contribution in [0.5, 0.6) is 0 Å². The number of carbonyl (C=O) groups excluding carboxylic acids is 1. The van der Waals surface area contributed by atoms with Gasteiger partial charge in [0.15, 0.2) is 5.76 Å². The third-order valence-electron chi connectivity index (χ3n) is 3.81. The van der Waals surface area contributed by atoms with Crippen LogP contribution in [0.25, 0.3) is 0 Å². The number of aromatic nitrogens is 1. The Morgan fingerprint density at radius 3 is 2.27 bits per heavy atom. The summed E-state index contributed by atoms with van der Waals surface area (Å²) in [6, 6.07) is 4.53. The van der Waals surface area contributed by atoms with Crippen molar-refractivity contribution in [2.75, 3.05) is 5.32 Å². The summed E-state index contributed by atoms with van der Waals surface area (Å²) < 4.78 is 59.7. The number of nitrogens with zero attached hydrogens (tertiary/aromatic N) is 1. The lowest BCUT2D eigenvalue weighted by Gasteiger charge is -2.20. The highest BCUT2D eigenvalue weighted by atomic mass is 32.2. The van der Waals surface area contributed by atoms with E-state index in [0.717, 1.165) is 0 Å². The maximum absolute atomic E-state index is 12.5. The minimum absolute atomic E-state index is 0.0285. The van der Waals surface area contributed by atoms with E-state index in [0.29, 0.717) is 0 Å². The summed E-state index contributed by atoms with van der Waals surface area (Å²) in [5.41, 5.74) is -0.291. The first-order valence-corrected chi connectivity index (χ1v) is 12.0. The molecule has 0 bridgehead atoms. The van der Waals surface area contributed by atoms with E-state index in [2.05, 4.69) is 19.9 Å². The Morgan fingerprint density at radius 2 is 1.73 bits per heavy atom. The molecule has 2 aromatic rings. The molecular weight excluding hydrogens is 432 g/mol. The average molecular weight is 459 g/mol. The highest BCUT2D eigenvalue weighted by molar-refractivity contribution is 7.89. The minimum Gasteiger partial charge on any atom is -0.360 e. The van der Waals surface area contributed by atoms with Gasteiger partial charge in [0.1, 0.15) is 10.6 Å². The average Bonchev–Trinajstić information content (AvgIpc) is 2.92. The predicted octanol–water partition coefficient (Wildman–Crippen LogP) is 1.67. The summed E-state index contributed by atoms with van der Waals surface area (Å²) in [5, 5.41) is 6.12. The number of anilines is 1. The van der Waals surface area contributed by atoms with Gasteiger partial charge in [-0.05, 0) is 59.7 Å². The Morgan fingerprint density at radius 1 is 1.10 bits per heavy atom. The van der Waals surface area contributed by atoms with Crippen LogP contribution >= 0.6 is 0 Å². The van der Waals surface area contributed by atoms with Gasteiger partial charge in [-0.2, -0.15) is 4.72 Å². The number of aryl methyl sites for hydroxylation is 2. The molecule has 0 unspecified atom stereocenters. The van der Waals surface area contributed by atoms with Crippen LogP contribution in [0.2, 0.25) is 0 Å². The van der Waals surface area contributed by atoms with Crippen molar-refractivity contribution in [3.8, 4) is 0 Å². The number of benzene rings is 1. The fraction of sp³-hybridized carbons (Fsp3) is 0.444. The summed E-state index contributed by atoms with van der Waals surface area (Å²) >= 11 is 0. The lowest BCUT2D eigenvalue weighted by Crippen LogP contribution is -2.42. The van der Waals surface area contributed by atoms with Crippen molar-refractivity contribution >= 4 is 31.6 Å². The van der Waals surface area contributed by atoms with E-state index < -0.39 is 37.5 Å². The zero-order chi connectivity index (χ0) is 22.9. The van der Waals surface area contributed by atoms with E-state index in [4.69, 9.17) is 4.52 Å². The zero-order valence-electron chi connectivity index (χ0n) is 17.6. The molecule has 0 saturated carbocycles. The third-order valence-corrected chi connectivity index (χ3v) is 7.35. The van der Waals surface area contributed by atoms with Gasteiger partial charge >= 0.3 is 0 Å². The largest absolute Gasteiger partial charge is 0.360 e. The summed E-state index contributed by atoms with van der Waals surface area (Å²) in [4.78, 5) is 12.3. The molecule has 1 heterocycles. The first-order chi connectivity index (χ1) is 13.6. The lowest BCUT2D eigenvalue weighted by molar-refractivity contribution is -0.117. The second-order valence-electron chi connectivity index (χ2n) is 7.87. The molecule has 0 aliphatic carbocycles. The molecular formula is C18H26N4O6S2. The molecule has 1 amide bonds. The molecule has 0 spiro atoms. The number of hydrogen-bond donors (Lipinski definition) is 3. The smallest absolute Gasteiger partial charge is 0.246 e. The molecule has 166 valence electrons. The molecule has 1 atom stereocenters. The molecule has 0 radical (unpaired) electrons. The monoisotopic (exact) mass is 458 g/mol. The third kappa shape index (κ3) is 5.88. The lowest BCUT2D eigenvalue weighted by atomic mass is 10.1. The predicted molar refractivity (Wildman–Crippen MR) is 111 cm³/mol. The summed E-state index contributed by atoms with van der Waals surface area (Å²) in [6.45, 7) is 9.44. The molecule has 0 saturated heterocycles. The molecule has 30 heavy (non-hydrogen) atoms. The molecule has 2 rings (SSSR count). The van der Waals surface area contributed by atoms with E-state index in [1.165, 1.54) is 45.0 Å². The highest BCUT2D eigenvalue weighted by Crippen LogP contribution is 2.20. The molecule has 0 aliphatic rings. The Kier molecular flexibility index (Phi) is 6.76. The first kappa shape index (κ1) is 24.0. The number of sulfonamides is 2. The van der Waals surface area contributed by atoms with Gasteiger partial charge in [0, 0.05) is 11.2 Å². The standard InChI is InChI=1S/C18H26N4O6S2/c1-11-16(13(3)28-20-11)30(26,27)21-12(2)17(23)19-14-8-7-9-15(10-14)29(24,25)22-18(4,5)6/h7-10,12,21-22H,1-6H3,(H,19,23)/t12-/m0/s1. The molecule has 1 aromatic carbocycles. The number of carbonyl (C=O) groups is 1. The number of amides is 1. The van der Waals surface area contributed by atoms with Gasteiger partial charge < -0.3 is 9.84 Å². The van der Waals surface area contributed by atoms with E-state index in [9.17, 15) is 21.6 Å². The SMILES string of the molecule is Cc1noc(C)c1S(=O)(=O)N[C@@H](C)C(=O)Nc1cccc(S(=O)(=O)NC(C)(C)C)c1. The molecule has 1 aromatic heterocycles. The number of hydrogen-bond acceptors (Lipinski definition) is 7. The van der Waals surface area contributed by atoms with Crippen molar-refractivity contribution in [2.24, 2.45) is 0 Å². The second kappa shape index (κ2) is 8.46. The Bertz CT molecular complexity index is 1130. The molecule has 12 heteroatoms. The number of nitrogens with one attached hydrogen (secondary N) is 3. The summed E-state index contributed by atoms with van der Waals surface area (Å²) in [6.07, 6.45) is 0. The van der Waals surface area contributed by atoms with E-state index in [1.54, 1.807) is 20.8 Å². The maximum Gasteiger partial charge on any atom is 0.246 e. The number of rotatable bonds is 7. The van der Waals surface area contributed by atoms with Crippen LogP contribution in [-0.4, -0.2) is 39.5 Å². The summed E-state index contributed by atoms with van der Waals surface area (Å²) in [7, 11) is -7.83. The van der Waals surface area contributed by atoms with Gasteiger partial charge in [-0.3, -0.25) is 4.79 Å². The Hall–Kier alpha value is -2.28. The second-order valence-corrected chi connectivity index (χ2v) is 11.2. The molecule has 10 nitrogen and oxygen atoms in total. The first-order valence-electron chi connectivity index (χ1n) is 9.02. The fourth-order valence-electron chi connectivity index (χ4n) is 2.66. The Balaban J connectivity index is 2.16. The highest BCUT2D eigenvalue weighted by Gasteiger charge is 2.28.